The van der Waals surface area contributed by atoms with Gasteiger partial charge in [0.15, 0.2) is 0 Å². The summed E-state index contributed by atoms with van der Waals surface area (Å²) in [6.45, 7) is 4.07. The van der Waals surface area contributed by atoms with Crippen LogP contribution < -0.4 is 4.90 Å². The molecule has 96 valence electrons. The number of nitrogens with zero attached hydrogens (tertiary/aromatic N) is 5. The zero-order valence-electron chi connectivity index (χ0n) is 10.5. The number of tetrazole rings is 1. The lowest BCUT2D eigenvalue weighted by atomic mass is 10.1. The van der Waals surface area contributed by atoms with Crippen molar-refractivity contribution < 1.29 is 0 Å². The monoisotopic (exact) mass is 263 g/mol. The summed E-state index contributed by atoms with van der Waals surface area (Å²) in [7, 11) is 0. The van der Waals surface area contributed by atoms with Crippen LogP contribution in [0.3, 0.4) is 0 Å². The van der Waals surface area contributed by atoms with Crippen LogP contribution in [0.2, 0.25) is 0 Å². The van der Waals surface area contributed by atoms with Crippen LogP contribution >= 0.6 is 11.3 Å². The smallest absolute Gasteiger partial charge is 0.246 e. The number of hydrogen-bond donors (Lipinski definition) is 0. The van der Waals surface area contributed by atoms with E-state index in [2.05, 4.69) is 44.2 Å². The quantitative estimate of drug-likeness (QED) is 0.850. The van der Waals surface area contributed by atoms with Gasteiger partial charge >= 0.3 is 0 Å². The van der Waals surface area contributed by atoms with Crippen molar-refractivity contribution >= 4 is 17.3 Å². The largest absolute Gasteiger partial charge is 0.333 e. The summed E-state index contributed by atoms with van der Waals surface area (Å²) in [5.74, 6) is 0.922. The van der Waals surface area contributed by atoms with E-state index in [1.807, 2.05) is 4.68 Å². The van der Waals surface area contributed by atoms with E-state index in [9.17, 15) is 0 Å². The fourth-order valence-electron chi connectivity index (χ4n) is 2.58. The third kappa shape index (κ3) is 2.01. The van der Waals surface area contributed by atoms with Gasteiger partial charge in [0.05, 0.1) is 6.04 Å². The van der Waals surface area contributed by atoms with E-state index in [4.69, 9.17) is 0 Å². The molecule has 1 saturated heterocycles. The van der Waals surface area contributed by atoms with E-state index in [1.165, 1.54) is 18.4 Å². The minimum Gasteiger partial charge on any atom is -0.333 e. The van der Waals surface area contributed by atoms with Gasteiger partial charge < -0.3 is 4.90 Å². The average molecular weight is 263 g/mol. The lowest BCUT2D eigenvalue weighted by Crippen LogP contribution is -2.26. The standard InChI is InChI=1S/C12H17N5S/c1-2-6-17-12(13-14-15-17)16-7-3-4-11(16)10-5-8-18-9-10/h5,8-9,11H,2-4,6-7H2,1H3. The minimum atomic E-state index is 0.442. The van der Waals surface area contributed by atoms with Crippen molar-refractivity contribution in [1.82, 2.24) is 20.2 Å². The van der Waals surface area contributed by atoms with Crippen LogP contribution in [0.15, 0.2) is 16.8 Å². The minimum absolute atomic E-state index is 0.442. The molecular weight excluding hydrogens is 246 g/mol. The lowest BCUT2D eigenvalue weighted by molar-refractivity contribution is 0.564. The molecule has 1 aliphatic rings. The maximum atomic E-state index is 4.21. The molecule has 6 heteroatoms. The van der Waals surface area contributed by atoms with Crippen molar-refractivity contribution in [2.75, 3.05) is 11.4 Å². The molecule has 1 aliphatic heterocycles. The molecule has 0 aliphatic carbocycles. The molecule has 1 fully saturated rings. The van der Waals surface area contributed by atoms with Gasteiger partial charge in [-0.2, -0.15) is 11.3 Å². The van der Waals surface area contributed by atoms with Gasteiger partial charge in [-0.3, -0.25) is 0 Å². The van der Waals surface area contributed by atoms with Crippen molar-refractivity contribution in [2.45, 2.75) is 38.8 Å². The van der Waals surface area contributed by atoms with Gasteiger partial charge in [0.1, 0.15) is 0 Å². The summed E-state index contributed by atoms with van der Waals surface area (Å²) >= 11 is 1.76. The predicted octanol–water partition coefficient (Wildman–Crippen LogP) is 2.49. The number of aromatic nitrogens is 4. The Bertz CT molecular complexity index is 492. The highest BCUT2D eigenvalue weighted by Crippen LogP contribution is 2.35. The van der Waals surface area contributed by atoms with E-state index in [0.29, 0.717) is 6.04 Å². The molecule has 0 spiro atoms. The maximum absolute atomic E-state index is 4.21. The van der Waals surface area contributed by atoms with Crippen molar-refractivity contribution in [1.29, 1.82) is 0 Å². The van der Waals surface area contributed by atoms with Gasteiger partial charge in [0.2, 0.25) is 5.95 Å². The van der Waals surface area contributed by atoms with E-state index < -0.39 is 0 Å². The van der Waals surface area contributed by atoms with Crippen LogP contribution in [-0.4, -0.2) is 26.8 Å². The summed E-state index contributed by atoms with van der Waals surface area (Å²) in [6.07, 6.45) is 3.45. The highest BCUT2D eigenvalue weighted by atomic mass is 32.1. The summed E-state index contributed by atoms with van der Waals surface area (Å²) in [5, 5.41) is 16.5. The van der Waals surface area contributed by atoms with Crippen molar-refractivity contribution in [3.8, 4) is 0 Å². The summed E-state index contributed by atoms with van der Waals surface area (Å²) < 4.78 is 1.92. The van der Waals surface area contributed by atoms with E-state index in [-0.39, 0.29) is 0 Å². The first-order valence-electron chi connectivity index (χ1n) is 6.45. The molecule has 3 heterocycles. The van der Waals surface area contributed by atoms with E-state index >= 15 is 0 Å². The molecule has 0 radical (unpaired) electrons. The highest BCUT2D eigenvalue weighted by molar-refractivity contribution is 7.08. The van der Waals surface area contributed by atoms with Crippen LogP contribution in [-0.2, 0) is 6.54 Å². The Hall–Kier alpha value is -1.43. The second-order valence-corrected chi connectivity index (χ2v) is 5.39. The van der Waals surface area contributed by atoms with E-state index in [1.54, 1.807) is 11.3 Å². The first-order chi connectivity index (χ1) is 8.90. The zero-order valence-corrected chi connectivity index (χ0v) is 11.3. The summed E-state index contributed by atoms with van der Waals surface area (Å²) in [4.78, 5) is 2.34. The topological polar surface area (TPSA) is 46.8 Å². The van der Waals surface area contributed by atoms with Gasteiger partial charge in [-0.25, -0.2) is 4.68 Å². The Labute approximate surface area is 110 Å². The van der Waals surface area contributed by atoms with Crippen LogP contribution in [0.1, 0.15) is 37.8 Å². The van der Waals surface area contributed by atoms with Gasteiger partial charge in [-0.1, -0.05) is 12.0 Å². The molecule has 18 heavy (non-hydrogen) atoms. The molecule has 2 aromatic rings. The lowest BCUT2D eigenvalue weighted by Gasteiger charge is -2.24. The van der Waals surface area contributed by atoms with Gasteiger partial charge in [-0.05, 0) is 52.1 Å². The molecule has 0 aromatic carbocycles. The van der Waals surface area contributed by atoms with Gasteiger partial charge in [-0.15, -0.1) is 0 Å². The van der Waals surface area contributed by atoms with Gasteiger partial charge in [0, 0.05) is 13.1 Å². The van der Waals surface area contributed by atoms with Crippen molar-refractivity contribution in [2.24, 2.45) is 0 Å². The Kier molecular flexibility index (Phi) is 3.27. The van der Waals surface area contributed by atoms with Crippen LogP contribution in [0.5, 0.6) is 0 Å². The molecule has 2 aromatic heterocycles. The molecule has 0 bridgehead atoms. The molecule has 0 amide bonds. The Morgan fingerprint density at radius 1 is 1.50 bits per heavy atom. The highest BCUT2D eigenvalue weighted by Gasteiger charge is 2.29. The number of hydrogen-bond acceptors (Lipinski definition) is 5. The molecule has 0 saturated carbocycles. The molecule has 5 nitrogen and oxygen atoms in total. The normalized spacial score (nSPS) is 19.6. The van der Waals surface area contributed by atoms with E-state index in [0.717, 1.165) is 25.5 Å². The number of rotatable bonds is 4. The van der Waals surface area contributed by atoms with Crippen LogP contribution in [0.25, 0.3) is 0 Å². The Morgan fingerprint density at radius 2 is 2.44 bits per heavy atom. The molecular formula is C12H17N5S. The van der Waals surface area contributed by atoms with Crippen LogP contribution in [0.4, 0.5) is 5.95 Å². The first kappa shape index (κ1) is 11.6. The van der Waals surface area contributed by atoms with Crippen molar-refractivity contribution in [3.63, 3.8) is 0 Å². The van der Waals surface area contributed by atoms with Crippen LogP contribution in [0, 0.1) is 0 Å². The fourth-order valence-corrected chi connectivity index (χ4v) is 3.29. The first-order valence-corrected chi connectivity index (χ1v) is 7.39. The van der Waals surface area contributed by atoms with Crippen molar-refractivity contribution in [3.05, 3.63) is 22.4 Å². The molecule has 0 N–H and O–H groups in total. The van der Waals surface area contributed by atoms with Gasteiger partial charge in [0.25, 0.3) is 0 Å². The number of aryl methyl sites for hydroxylation is 1. The fraction of sp³-hybridized carbons (Fsp3) is 0.583. The predicted molar refractivity (Wildman–Crippen MR) is 71.7 cm³/mol. The molecule has 3 rings (SSSR count). The third-order valence-corrected chi connectivity index (χ3v) is 4.09. The summed E-state index contributed by atoms with van der Waals surface area (Å²) in [5.41, 5.74) is 1.39. The second-order valence-electron chi connectivity index (χ2n) is 4.61. The maximum Gasteiger partial charge on any atom is 0.246 e. The Balaban J connectivity index is 1.88. The summed E-state index contributed by atoms with van der Waals surface area (Å²) in [6, 6.07) is 2.65. The zero-order chi connectivity index (χ0) is 12.4. The SMILES string of the molecule is CCCn1nnnc1N1CCCC1c1ccsc1. The third-order valence-electron chi connectivity index (χ3n) is 3.39. The number of thiophene rings is 1. The Morgan fingerprint density at radius 3 is 3.22 bits per heavy atom. The second kappa shape index (κ2) is 5.06. The number of anilines is 1. The molecule has 1 atom stereocenters. The molecule has 1 unspecified atom stereocenters. The average Bonchev–Trinajstić information content (AvgIpc) is 3.10.